The number of hydrogen-bond donors (Lipinski definition) is 0. The summed E-state index contributed by atoms with van der Waals surface area (Å²) in [5.41, 5.74) is 4.65. The van der Waals surface area contributed by atoms with Crippen molar-refractivity contribution in [3.63, 3.8) is 0 Å². The molecule has 0 amide bonds. The lowest BCUT2D eigenvalue weighted by atomic mass is 10.0. The second-order valence-electron chi connectivity index (χ2n) is 8.24. The molecule has 0 spiro atoms. The summed E-state index contributed by atoms with van der Waals surface area (Å²) in [6.45, 7) is 5.26. The standard InChI is InChI=1S/C28H36N2O/c1-3-5-7-9-11-23-21-29-28(30-22-23)26-14-12-24(13-15-26)25-16-18-27(19-17-25)31-20-10-8-6-4-2/h12-19,21-22H,3-11,20H2,1-2H3. The van der Waals surface area contributed by atoms with Gasteiger partial charge in [-0.1, -0.05) is 88.8 Å². The summed E-state index contributed by atoms with van der Waals surface area (Å²) in [6.07, 6.45) is 15.0. The van der Waals surface area contributed by atoms with Gasteiger partial charge in [-0.25, -0.2) is 9.97 Å². The number of ether oxygens (including phenoxy) is 1. The van der Waals surface area contributed by atoms with Crippen LogP contribution < -0.4 is 4.74 Å². The first-order valence-corrected chi connectivity index (χ1v) is 11.9. The van der Waals surface area contributed by atoms with Gasteiger partial charge in [-0.05, 0) is 48.1 Å². The highest BCUT2D eigenvalue weighted by Gasteiger charge is 2.04. The average molecular weight is 417 g/mol. The molecule has 0 aliphatic heterocycles. The molecule has 2 aromatic carbocycles. The highest BCUT2D eigenvalue weighted by molar-refractivity contribution is 5.68. The Balaban J connectivity index is 1.53. The van der Waals surface area contributed by atoms with Crippen molar-refractivity contribution in [2.45, 2.75) is 71.6 Å². The van der Waals surface area contributed by atoms with Crippen molar-refractivity contribution in [1.82, 2.24) is 9.97 Å². The lowest BCUT2D eigenvalue weighted by Crippen LogP contribution is -1.97. The number of benzene rings is 2. The van der Waals surface area contributed by atoms with E-state index in [-0.39, 0.29) is 0 Å². The van der Waals surface area contributed by atoms with Crippen molar-refractivity contribution in [3.05, 3.63) is 66.5 Å². The van der Waals surface area contributed by atoms with Gasteiger partial charge in [0.1, 0.15) is 5.75 Å². The summed E-state index contributed by atoms with van der Waals surface area (Å²) < 4.78 is 5.85. The zero-order chi connectivity index (χ0) is 21.7. The molecule has 3 rings (SSSR count). The van der Waals surface area contributed by atoms with Crippen LogP contribution in [0, 0.1) is 0 Å². The van der Waals surface area contributed by atoms with Gasteiger partial charge < -0.3 is 4.74 Å². The van der Waals surface area contributed by atoms with Crippen LogP contribution in [0.1, 0.15) is 70.8 Å². The van der Waals surface area contributed by atoms with E-state index in [1.165, 1.54) is 61.6 Å². The third kappa shape index (κ3) is 7.50. The maximum absolute atomic E-state index is 5.85. The van der Waals surface area contributed by atoms with Crippen molar-refractivity contribution in [2.75, 3.05) is 6.61 Å². The summed E-state index contributed by atoms with van der Waals surface area (Å²) in [6, 6.07) is 16.8. The first kappa shape index (κ1) is 23.0. The molecule has 3 nitrogen and oxygen atoms in total. The molecule has 0 radical (unpaired) electrons. The lowest BCUT2D eigenvalue weighted by molar-refractivity contribution is 0.305. The van der Waals surface area contributed by atoms with Crippen LogP contribution in [0.15, 0.2) is 60.9 Å². The topological polar surface area (TPSA) is 35.0 Å². The Morgan fingerprint density at radius 3 is 1.77 bits per heavy atom. The van der Waals surface area contributed by atoms with E-state index in [2.05, 4.69) is 72.3 Å². The van der Waals surface area contributed by atoms with E-state index in [4.69, 9.17) is 4.74 Å². The molecule has 1 heterocycles. The average Bonchev–Trinajstić information content (AvgIpc) is 2.83. The maximum atomic E-state index is 5.85. The number of nitrogens with zero attached hydrogens (tertiary/aromatic N) is 2. The van der Waals surface area contributed by atoms with Gasteiger partial charge in [0.2, 0.25) is 0 Å². The van der Waals surface area contributed by atoms with Crippen molar-refractivity contribution >= 4 is 0 Å². The minimum atomic E-state index is 0.788. The molecule has 0 aliphatic rings. The Morgan fingerprint density at radius 1 is 0.613 bits per heavy atom. The molecule has 0 bridgehead atoms. The number of hydrogen-bond acceptors (Lipinski definition) is 3. The molecule has 164 valence electrons. The Hall–Kier alpha value is -2.68. The molecule has 3 heteroatoms. The highest BCUT2D eigenvalue weighted by atomic mass is 16.5. The van der Waals surface area contributed by atoms with E-state index in [1.54, 1.807) is 0 Å². The van der Waals surface area contributed by atoms with Gasteiger partial charge in [0.25, 0.3) is 0 Å². The summed E-state index contributed by atoms with van der Waals surface area (Å²) in [5.74, 6) is 1.73. The van der Waals surface area contributed by atoms with Gasteiger partial charge in [0.05, 0.1) is 6.61 Å². The first-order valence-electron chi connectivity index (χ1n) is 11.9. The molecule has 0 saturated heterocycles. The molecular weight excluding hydrogens is 380 g/mol. The number of unbranched alkanes of at least 4 members (excludes halogenated alkanes) is 6. The number of aryl methyl sites for hydroxylation is 1. The fraction of sp³-hybridized carbons (Fsp3) is 0.429. The predicted molar refractivity (Wildman–Crippen MR) is 130 cm³/mol. The lowest BCUT2D eigenvalue weighted by Gasteiger charge is -2.08. The molecule has 0 fully saturated rings. The number of rotatable bonds is 13. The van der Waals surface area contributed by atoms with Gasteiger partial charge in [-0.2, -0.15) is 0 Å². The van der Waals surface area contributed by atoms with Gasteiger partial charge in [0, 0.05) is 18.0 Å². The van der Waals surface area contributed by atoms with Crippen LogP contribution in [0.4, 0.5) is 0 Å². The SMILES string of the molecule is CCCCCCOc1ccc(-c2ccc(-c3ncc(CCCCCC)cn3)cc2)cc1. The molecular formula is C28H36N2O. The molecule has 3 aromatic rings. The molecule has 0 atom stereocenters. The Labute approximate surface area is 187 Å². The zero-order valence-electron chi connectivity index (χ0n) is 19.1. The van der Waals surface area contributed by atoms with Crippen LogP contribution in [0.3, 0.4) is 0 Å². The third-order valence-corrected chi connectivity index (χ3v) is 5.62. The van der Waals surface area contributed by atoms with E-state index in [1.807, 2.05) is 12.4 Å². The van der Waals surface area contributed by atoms with Crippen LogP contribution in [0.2, 0.25) is 0 Å². The van der Waals surface area contributed by atoms with E-state index in [0.29, 0.717) is 0 Å². The van der Waals surface area contributed by atoms with E-state index < -0.39 is 0 Å². The third-order valence-electron chi connectivity index (χ3n) is 5.62. The molecule has 0 unspecified atom stereocenters. The monoisotopic (exact) mass is 416 g/mol. The van der Waals surface area contributed by atoms with Crippen molar-refractivity contribution in [2.24, 2.45) is 0 Å². The molecule has 0 aliphatic carbocycles. The van der Waals surface area contributed by atoms with Crippen molar-refractivity contribution in [1.29, 1.82) is 0 Å². The quantitative estimate of drug-likeness (QED) is 0.266. The second kappa shape index (κ2) is 12.9. The minimum absolute atomic E-state index is 0.788. The van der Waals surface area contributed by atoms with Crippen molar-refractivity contribution < 1.29 is 4.74 Å². The fourth-order valence-corrected chi connectivity index (χ4v) is 3.66. The number of aromatic nitrogens is 2. The van der Waals surface area contributed by atoms with Crippen molar-refractivity contribution in [3.8, 4) is 28.3 Å². The minimum Gasteiger partial charge on any atom is -0.494 e. The largest absolute Gasteiger partial charge is 0.494 e. The summed E-state index contributed by atoms with van der Waals surface area (Å²) in [5, 5.41) is 0. The van der Waals surface area contributed by atoms with Gasteiger partial charge >= 0.3 is 0 Å². The first-order chi connectivity index (χ1) is 15.3. The van der Waals surface area contributed by atoms with E-state index >= 15 is 0 Å². The van der Waals surface area contributed by atoms with Gasteiger partial charge in [-0.15, -0.1) is 0 Å². The van der Waals surface area contributed by atoms with E-state index in [0.717, 1.165) is 36.6 Å². The zero-order valence-corrected chi connectivity index (χ0v) is 19.1. The normalized spacial score (nSPS) is 10.9. The summed E-state index contributed by atoms with van der Waals surface area (Å²) >= 11 is 0. The van der Waals surface area contributed by atoms with Crippen LogP contribution in [-0.2, 0) is 6.42 Å². The highest BCUT2D eigenvalue weighted by Crippen LogP contribution is 2.25. The molecule has 0 N–H and O–H groups in total. The van der Waals surface area contributed by atoms with Crippen LogP contribution >= 0.6 is 0 Å². The Morgan fingerprint density at radius 2 is 1.16 bits per heavy atom. The Kier molecular flexibility index (Phi) is 9.56. The molecule has 0 saturated carbocycles. The molecule has 31 heavy (non-hydrogen) atoms. The van der Waals surface area contributed by atoms with Gasteiger partial charge in [-0.3, -0.25) is 0 Å². The molecule has 1 aromatic heterocycles. The second-order valence-corrected chi connectivity index (χ2v) is 8.24. The smallest absolute Gasteiger partial charge is 0.159 e. The Bertz CT molecular complexity index is 870. The van der Waals surface area contributed by atoms with Crippen LogP contribution in [0.25, 0.3) is 22.5 Å². The fourth-order valence-electron chi connectivity index (χ4n) is 3.66. The van der Waals surface area contributed by atoms with Crippen LogP contribution in [0.5, 0.6) is 5.75 Å². The predicted octanol–water partition coefficient (Wildman–Crippen LogP) is 7.89. The summed E-state index contributed by atoms with van der Waals surface area (Å²) in [4.78, 5) is 9.16. The maximum Gasteiger partial charge on any atom is 0.159 e. The summed E-state index contributed by atoms with van der Waals surface area (Å²) in [7, 11) is 0. The van der Waals surface area contributed by atoms with E-state index in [9.17, 15) is 0 Å². The van der Waals surface area contributed by atoms with Gasteiger partial charge in [0.15, 0.2) is 5.82 Å². The van der Waals surface area contributed by atoms with Crippen LogP contribution in [-0.4, -0.2) is 16.6 Å².